The molecule has 8 heteroatoms. The molecule has 2 aromatic carbocycles. The van der Waals surface area contributed by atoms with Crippen LogP contribution in [-0.4, -0.2) is 49.6 Å². The lowest BCUT2D eigenvalue weighted by molar-refractivity contribution is -0.122. The van der Waals surface area contributed by atoms with Crippen molar-refractivity contribution < 1.29 is 19.1 Å². The second kappa shape index (κ2) is 8.71. The highest BCUT2D eigenvalue weighted by Crippen LogP contribution is 2.37. The maximum Gasteiger partial charge on any atom is 0.265 e. The molecule has 2 aliphatic heterocycles. The lowest BCUT2D eigenvalue weighted by Gasteiger charge is -2.37. The molecule has 2 unspecified atom stereocenters. The second-order valence-electron chi connectivity index (χ2n) is 6.89. The summed E-state index contributed by atoms with van der Waals surface area (Å²) in [5, 5.41) is 6.16. The summed E-state index contributed by atoms with van der Waals surface area (Å²) in [5.41, 5.74) is 1.93. The number of benzene rings is 2. The van der Waals surface area contributed by atoms with Gasteiger partial charge in [0.15, 0.2) is 11.9 Å². The quantitative estimate of drug-likeness (QED) is 0.802. The molecule has 0 bridgehead atoms. The van der Waals surface area contributed by atoms with Gasteiger partial charge in [0.2, 0.25) is 0 Å². The first-order chi connectivity index (χ1) is 13.6. The molecule has 0 radical (unpaired) electrons. The topological polar surface area (TPSA) is 79.9 Å². The number of hydrogen-bond donors (Lipinski definition) is 2. The van der Waals surface area contributed by atoms with Crippen molar-refractivity contribution in [2.45, 2.75) is 19.1 Å². The maximum absolute atomic E-state index is 13.5. The summed E-state index contributed by atoms with van der Waals surface area (Å²) in [7, 11) is 1.63. The van der Waals surface area contributed by atoms with Crippen LogP contribution in [-0.2, 0) is 4.79 Å². The molecule has 1 saturated heterocycles. The van der Waals surface area contributed by atoms with Crippen LogP contribution in [0.25, 0.3) is 0 Å². The molecule has 4 rings (SSSR count). The van der Waals surface area contributed by atoms with Crippen molar-refractivity contribution in [3.05, 3.63) is 53.6 Å². The van der Waals surface area contributed by atoms with E-state index in [2.05, 4.69) is 10.6 Å². The Bertz CT molecular complexity index is 921. The van der Waals surface area contributed by atoms with Crippen LogP contribution >= 0.6 is 12.4 Å². The number of fused-ring (bicyclic) bond motifs is 1. The summed E-state index contributed by atoms with van der Waals surface area (Å²) in [5.74, 6) is 0.835. The van der Waals surface area contributed by atoms with Crippen molar-refractivity contribution in [3.8, 4) is 11.5 Å². The minimum absolute atomic E-state index is 0. The van der Waals surface area contributed by atoms with Gasteiger partial charge in [0, 0.05) is 25.2 Å². The van der Waals surface area contributed by atoms with Crippen molar-refractivity contribution in [3.63, 3.8) is 0 Å². The second-order valence-corrected chi connectivity index (χ2v) is 6.89. The van der Waals surface area contributed by atoms with E-state index >= 15 is 0 Å². The SMILES string of the molecule is COc1ccccc1C1CNCCN1C(=O)c1cccc2c1OC(C)C(=O)N2.Cl. The Balaban J connectivity index is 0.00000240. The molecule has 29 heavy (non-hydrogen) atoms. The van der Waals surface area contributed by atoms with Gasteiger partial charge in [-0.05, 0) is 25.1 Å². The molecule has 0 spiro atoms. The average Bonchev–Trinajstić information content (AvgIpc) is 2.73. The number of methoxy groups -OCH3 is 1. The molecule has 1 fully saturated rings. The van der Waals surface area contributed by atoms with E-state index in [9.17, 15) is 9.59 Å². The average molecular weight is 418 g/mol. The Morgan fingerprint density at radius 2 is 2.00 bits per heavy atom. The molecule has 7 nitrogen and oxygen atoms in total. The van der Waals surface area contributed by atoms with E-state index in [1.165, 1.54) is 0 Å². The first-order valence-corrected chi connectivity index (χ1v) is 9.35. The first-order valence-electron chi connectivity index (χ1n) is 9.35. The Kier molecular flexibility index (Phi) is 6.30. The lowest BCUT2D eigenvalue weighted by atomic mass is 10.00. The molecular weight excluding hydrogens is 394 g/mol. The van der Waals surface area contributed by atoms with E-state index in [1.807, 2.05) is 29.2 Å². The number of para-hydroxylation sites is 2. The Hall–Kier alpha value is -2.77. The van der Waals surface area contributed by atoms with E-state index in [0.717, 1.165) is 11.3 Å². The van der Waals surface area contributed by atoms with Crippen LogP contribution in [0.5, 0.6) is 11.5 Å². The van der Waals surface area contributed by atoms with Gasteiger partial charge in [0.1, 0.15) is 5.75 Å². The number of rotatable bonds is 3. The van der Waals surface area contributed by atoms with Crippen LogP contribution in [0.1, 0.15) is 28.9 Å². The van der Waals surface area contributed by atoms with Crippen LogP contribution in [0.2, 0.25) is 0 Å². The summed E-state index contributed by atoms with van der Waals surface area (Å²) in [6.45, 7) is 3.57. The third kappa shape index (κ3) is 3.88. The van der Waals surface area contributed by atoms with Crippen LogP contribution in [0, 0.1) is 0 Å². The monoisotopic (exact) mass is 417 g/mol. The highest BCUT2D eigenvalue weighted by atomic mass is 35.5. The predicted octanol–water partition coefficient (Wildman–Crippen LogP) is 2.62. The molecule has 2 aromatic rings. The molecule has 0 saturated carbocycles. The van der Waals surface area contributed by atoms with E-state index in [1.54, 1.807) is 32.2 Å². The van der Waals surface area contributed by atoms with Gasteiger partial charge < -0.3 is 25.0 Å². The smallest absolute Gasteiger partial charge is 0.265 e. The molecule has 0 aromatic heterocycles. The third-order valence-corrected chi connectivity index (χ3v) is 5.17. The largest absolute Gasteiger partial charge is 0.496 e. The number of halogens is 1. The molecule has 2 aliphatic rings. The van der Waals surface area contributed by atoms with Gasteiger partial charge in [-0.2, -0.15) is 0 Å². The van der Waals surface area contributed by atoms with Crippen molar-refractivity contribution >= 4 is 29.9 Å². The highest BCUT2D eigenvalue weighted by Gasteiger charge is 2.34. The number of hydrogen-bond acceptors (Lipinski definition) is 5. The van der Waals surface area contributed by atoms with Gasteiger partial charge in [-0.3, -0.25) is 9.59 Å². The number of anilines is 1. The van der Waals surface area contributed by atoms with Crippen molar-refractivity contribution in [1.82, 2.24) is 10.2 Å². The first kappa shape index (κ1) is 21.0. The van der Waals surface area contributed by atoms with E-state index < -0.39 is 6.10 Å². The summed E-state index contributed by atoms with van der Waals surface area (Å²) in [4.78, 5) is 27.2. The Morgan fingerprint density at radius 1 is 1.21 bits per heavy atom. The number of carbonyl (C=O) groups is 2. The molecular formula is C21H24ClN3O4. The number of nitrogens with zero attached hydrogens (tertiary/aromatic N) is 1. The van der Waals surface area contributed by atoms with Crippen LogP contribution in [0.15, 0.2) is 42.5 Å². The zero-order chi connectivity index (χ0) is 19.7. The van der Waals surface area contributed by atoms with Gasteiger partial charge in [-0.15, -0.1) is 12.4 Å². The summed E-state index contributed by atoms with van der Waals surface area (Å²) < 4.78 is 11.3. The molecule has 2 heterocycles. The number of amides is 2. The van der Waals surface area contributed by atoms with Gasteiger partial charge >= 0.3 is 0 Å². The lowest BCUT2D eigenvalue weighted by Crippen LogP contribution is -2.49. The van der Waals surface area contributed by atoms with E-state index in [0.29, 0.717) is 36.6 Å². The van der Waals surface area contributed by atoms with Crippen molar-refractivity contribution in [2.24, 2.45) is 0 Å². The third-order valence-electron chi connectivity index (χ3n) is 5.17. The summed E-state index contributed by atoms with van der Waals surface area (Å²) in [6.07, 6.45) is -0.644. The highest BCUT2D eigenvalue weighted by molar-refractivity contribution is 6.04. The maximum atomic E-state index is 13.5. The standard InChI is InChI=1S/C21H23N3O4.ClH/c1-13-20(25)23-16-8-5-7-15(19(16)28-13)21(26)24-11-10-22-12-17(24)14-6-3-4-9-18(14)27-2;/h3-9,13,17,22H,10-12H2,1-2H3,(H,23,25);1H. The van der Waals surface area contributed by atoms with Crippen molar-refractivity contribution in [2.75, 3.05) is 32.1 Å². The molecule has 0 aliphatic carbocycles. The zero-order valence-electron chi connectivity index (χ0n) is 16.3. The zero-order valence-corrected chi connectivity index (χ0v) is 17.1. The number of carbonyl (C=O) groups excluding carboxylic acids is 2. The fourth-order valence-corrected chi connectivity index (χ4v) is 3.72. The molecule has 2 N–H and O–H groups in total. The predicted molar refractivity (Wildman–Crippen MR) is 112 cm³/mol. The minimum atomic E-state index is -0.644. The van der Waals surface area contributed by atoms with Crippen LogP contribution < -0.4 is 20.1 Å². The summed E-state index contributed by atoms with van der Waals surface area (Å²) >= 11 is 0. The molecule has 2 amide bonds. The number of piperazine rings is 1. The van der Waals surface area contributed by atoms with Gasteiger partial charge in [-0.1, -0.05) is 24.3 Å². The molecule has 2 atom stereocenters. The molecule has 154 valence electrons. The van der Waals surface area contributed by atoms with Crippen LogP contribution in [0.4, 0.5) is 5.69 Å². The minimum Gasteiger partial charge on any atom is -0.496 e. The van der Waals surface area contributed by atoms with Gasteiger partial charge in [-0.25, -0.2) is 0 Å². The fourth-order valence-electron chi connectivity index (χ4n) is 3.72. The normalized spacial score (nSPS) is 20.6. The van der Waals surface area contributed by atoms with E-state index in [-0.39, 0.29) is 30.3 Å². The number of ether oxygens (including phenoxy) is 2. The number of nitrogens with one attached hydrogen (secondary N) is 2. The fraction of sp³-hybridized carbons (Fsp3) is 0.333. The van der Waals surface area contributed by atoms with Gasteiger partial charge in [0.05, 0.1) is 24.4 Å². The Labute approximate surface area is 175 Å². The summed E-state index contributed by atoms with van der Waals surface area (Å²) in [6, 6.07) is 12.8. The van der Waals surface area contributed by atoms with E-state index in [4.69, 9.17) is 9.47 Å². The Morgan fingerprint density at radius 3 is 2.79 bits per heavy atom. The van der Waals surface area contributed by atoms with Gasteiger partial charge in [0.25, 0.3) is 11.8 Å². The van der Waals surface area contributed by atoms with Crippen molar-refractivity contribution in [1.29, 1.82) is 0 Å². The van der Waals surface area contributed by atoms with Crippen LogP contribution in [0.3, 0.4) is 0 Å².